The van der Waals surface area contributed by atoms with Crippen LogP contribution in [0.3, 0.4) is 0 Å². The van der Waals surface area contributed by atoms with Crippen molar-refractivity contribution in [3.8, 4) is 0 Å². The Hall–Kier alpha value is -3.15. The van der Waals surface area contributed by atoms with Gasteiger partial charge in [-0.05, 0) is 61.2 Å². The van der Waals surface area contributed by atoms with Gasteiger partial charge in [0.05, 0.1) is 0 Å². The van der Waals surface area contributed by atoms with Crippen LogP contribution in [-0.2, 0) is 4.79 Å². The maximum Gasteiger partial charge on any atom is 0.255 e. The lowest BCUT2D eigenvalue weighted by Crippen LogP contribution is -2.20. The van der Waals surface area contributed by atoms with E-state index in [-0.39, 0.29) is 23.6 Å². The first-order chi connectivity index (χ1) is 12.9. The third-order valence-corrected chi connectivity index (χ3v) is 4.91. The van der Waals surface area contributed by atoms with Crippen LogP contribution in [0.25, 0.3) is 0 Å². The van der Waals surface area contributed by atoms with Crippen LogP contribution in [0.15, 0.2) is 42.5 Å². The molecule has 0 aliphatic heterocycles. The molecule has 1 aliphatic rings. The second kappa shape index (κ2) is 7.61. The standard InChI is InChI=1S/C21H23N3O3/c1-12-11-17(12)21(27)23-15-9-7-14(8-10-15)19(25)24-18-6-4-5-16(13(18)2)20(26)22-3/h4-10,12,17H,11H2,1-3H3,(H,22,26)(H,23,27)(H,24,25). The van der Waals surface area contributed by atoms with Crippen LogP contribution in [-0.4, -0.2) is 24.8 Å². The molecule has 3 N–H and O–H groups in total. The molecular formula is C21H23N3O3. The molecule has 2 aromatic rings. The Morgan fingerprint density at radius 3 is 2.22 bits per heavy atom. The lowest BCUT2D eigenvalue weighted by atomic mass is 10.1. The molecule has 3 amide bonds. The molecule has 140 valence electrons. The highest BCUT2D eigenvalue weighted by molar-refractivity contribution is 6.06. The largest absolute Gasteiger partial charge is 0.355 e. The molecule has 0 radical (unpaired) electrons. The minimum absolute atomic E-state index is 0.0290. The second-order valence-corrected chi connectivity index (χ2v) is 6.90. The zero-order valence-electron chi connectivity index (χ0n) is 15.6. The number of amides is 3. The van der Waals surface area contributed by atoms with Gasteiger partial charge in [-0.3, -0.25) is 14.4 Å². The zero-order chi connectivity index (χ0) is 19.6. The van der Waals surface area contributed by atoms with Gasteiger partial charge in [0.15, 0.2) is 0 Å². The molecule has 6 heteroatoms. The zero-order valence-corrected chi connectivity index (χ0v) is 15.6. The van der Waals surface area contributed by atoms with Gasteiger partial charge in [-0.2, -0.15) is 0 Å². The number of carbonyl (C=O) groups excluding carboxylic acids is 3. The van der Waals surface area contributed by atoms with E-state index >= 15 is 0 Å². The fourth-order valence-corrected chi connectivity index (χ4v) is 2.97. The van der Waals surface area contributed by atoms with Crippen LogP contribution >= 0.6 is 0 Å². The van der Waals surface area contributed by atoms with Crippen LogP contribution in [0, 0.1) is 18.8 Å². The number of anilines is 2. The third kappa shape index (κ3) is 4.16. The van der Waals surface area contributed by atoms with Crippen LogP contribution in [0.4, 0.5) is 11.4 Å². The van der Waals surface area contributed by atoms with Gasteiger partial charge in [-0.15, -0.1) is 0 Å². The maximum absolute atomic E-state index is 12.5. The molecule has 2 aromatic carbocycles. The molecule has 0 aromatic heterocycles. The molecule has 0 heterocycles. The van der Waals surface area contributed by atoms with E-state index in [2.05, 4.69) is 22.9 Å². The monoisotopic (exact) mass is 365 g/mol. The number of benzene rings is 2. The van der Waals surface area contributed by atoms with Crippen molar-refractivity contribution < 1.29 is 14.4 Å². The molecule has 0 bridgehead atoms. The van der Waals surface area contributed by atoms with Crippen molar-refractivity contribution in [2.45, 2.75) is 20.3 Å². The van der Waals surface area contributed by atoms with Gasteiger partial charge in [0, 0.05) is 35.5 Å². The normalized spacial score (nSPS) is 17.7. The topological polar surface area (TPSA) is 87.3 Å². The van der Waals surface area contributed by atoms with Crippen LogP contribution < -0.4 is 16.0 Å². The lowest BCUT2D eigenvalue weighted by molar-refractivity contribution is -0.117. The van der Waals surface area contributed by atoms with Gasteiger partial charge in [-0.1, -0.05) is 13.0 Å². The highest BCUT2D eigenvalue weighted by Crippen LogP contribution is 2.38. The number of hydrogen-bond acceptors (Lipinski definition) is 3. The van der Waals surface area contributed by atoms with Gasteiger partial charge < -0.3 is 16.0 Å². The summed E-state index contributed by atoms with van der Waals surface area (Å²) in [6, 6.07) is 12.0. The average Bonchev–Trinajstić information content (AvgIpc) is 3.40. The summed E-state index contributed by atoms with van der Waals surface area (Å²) in [4.78, 5) is 36.4. The molecule has 1 fully saturated rings. The average molecular weight is 365 g/mol. The minimum atomic E-state index is -0.277. The van der Waals surface area contributed by atoms with E-state index in [9.17, 15) is 14.4 Å². The Labute approximate surface area is 158 Å². The summed E-state index contributed by atoms with van der Waals surface area (Å²) in [6.07, 6.45) is 0.931. The van der Waals surface area contributed by atoms with Crippen LogP contribution in [0.2, 0.25) is 0 Å². The van der Waals surface area contributed by atoms with Gasteiger partial charge in [-0.25, -0.2) is 0 Å². The first-order valence-electron chi connectivity index (χ1n) is 8.94. The summed E-state index contributed by atoms with van der Waals surface area (Å²) >= 11 is 0. The molecule has 27 heavy (non-hydrogen) atoms. The molecule has 0 spiro atoms. The van der Waals surface area contributed by atoms with Crippen molar-refractivity contribution in [2.24, 2.45) is 11.8 Å². The first kappa shape index (κ1) is 18.6. The molecule has 2 atom stereocenters. The van der Waals surface area contributed by atoms with E-state index in [4.69, 9.17) is 0 Å². The Morgan fingerprint density at radius 2 is 1.63 bits per heavy atom. The lowest BCUT2D eigenvalue weighted by Gasteiger charge is -2.12. The Kier molecular flexibility index (Phi) is 5.26. The van der Waals surface area contributed by atoms with Crippen molar-refractivity contribution in [3.63, 3.8) is 0 Å². The van der Waals surface area contributed by atoms with Crippen molar-refractivity contribution in [1.82, 2.24) is 5.32 Å². The summed E-state index contributed by atoms with van der Waals surface area (Å²) in [7, 11) is 1.57. The second-order valence-electron chi connectivity index (χ2n) is 6.90. The summed E-state index contributed by atoms with van der Waals surface area (Å²) < 4.78 is 0. The van der Waals surface area contributed by atoms with E-state index < -0.39 is 0 Å². The molecule has 3 rings (SSSR count). The summed E-state index contributed by atoms with van der Waals surface area (Å²) in [5, 5.41) is 8.29. The summed E-state index contributed by atoms with van der Waals surface area (Å²) in [5.74, 6) is 0.100. The summed E-state index contributed by atoms with van der Waals surface area (Å²) in [5.41, 5.74) is 2.95. The Balaban J connectivity index is 1.68. The number of carbonyl (C=O) groups is 3. The van der Waals surface area contributed by atoms with Gasteiger partial charge in [0.25, 0.3) is 11.8 Å². The number of hydrogen-bond donors (Lipinski definition) is 3. The number of rotatable bonds is 5. The Morgan fingerprint density at radius 1 is 0.963 bits per heavy atom. The predicted molar refractivity (Wildman–Crippen MR) is 105 cm³/mol. The van der Waals surface area contributed by atoms with Crippen LogP contribution in [0.5, 0.6) is 0 Å². The predicted octanol–water partition coefficient (Wildman–Crippen LogP) is 3.20. The minimum Gasteiger partial charge on any atom is -0.355 e. The van der Waals surface area contributed by atoms with Gasteiger partial charge in [0.2, 0.25) is 5.91 Å². The fraction of sp³-hybridized carbons (Fsp3) is 0.286. The maximum atomic E-state index is 12.5. The van der Waals surface area contributed by atoms with E-state index in [1.807, 2.05) is 0 Å². The molecule has 1 saturated carbocycles. The molecule has 2 unspecified atom stereocenters. The van der Waals surface area contributed by atoms with E-state index in [1.54, 1.807) is 56.4 Å². The van der Waals surface area contributed by atoms with E-state index in [0.717, 1.165) is 6.42 Å². The quantitative estimate of drug-likeness (QED) is 0.760. The van der Waals surface area contributed by atoms with Crippen LogP contribution in [0.1, 0.15) is 39.6 Å². The van der Waals surface area contributed by atoms with Crippen molar-refractivity contribution in [1.29, 1.82) is 0 Å². The number of nitrogens with one attached hydrogen (secondary N) is 3. The van der Waals surface area contributed by atoms with Crippen molar-refractivity contribution >= 4 is 29.1 Å². The first-order valence-corrected chi connectivity index (χ1v) is 8.94. The van der Waals surface area contributed by atoms with E-state index in [1.165, 1.54) is 0 Å². The smallest absolute Gasteiger partial charge is 0.255 e. The molecule has 1 aliphatic carbocycles. The highest BCUT2D eigenvalue weighted by Gasteiger charge is 2.39. The third-order valence-electron chi connectivity index (χ3n) is 4.91. The SMILES string of the molecule is CNC(=O)c1cccc(NC(=O)c2ccc(NC(=O)C3CC3C)cc2)c1C. The van der Waals surface area contributed by atoms with E-state index in [0.29, 0.717) is 34.0 Å². The van der Waals surface area contributed by atoms with Gasteiger partial charge >= 0.3 is 0 Å². The summed E-state index contributed by atoms with van der Waals surface area (Å²) in [6.45, 7) is 3.84. The van der Waals surface area contributed by atoms with Crippen molar-refractivity contribution in [3.05, 3.63) is 59.2 Å². The molecule has 0 saturated heterocycles. The van der Waals surface area contributed by atoms with Crippen molar-refractivity contribution in [2.75, 3.05) is 17.7 Å². The highest BCUT2D eigenvalue weighted by atomic mass is 16.2. The van der Waals surface area contributed by atoms with Gasteiger partial charge in [0.1, 0.15) is 0 Å². The fourth-order valence-electron chi connectivity index (χ4n) is 2.97. The Bertz CT molecular complexity index is 890. The molecular weight excluding hydrogens is 342 g/mol. The molecule has 6 nitrogen and oxygen atoms in total.